The molecule has 3 nitrogen and oxygen atoms in total. The van der Waals surface area contributed by atoms with Gasteiger partial charge in [0.15, 0.2) is 0 Å². The molecule has 2 aromatic rings. The van der Waals surface area contributed by atoms with E-state index >= 15 is 0 Å². The number of halogens is 1. The molecule has 1 aromatic heterocycles. The first-order chi connectivity index (χ1) is 8.08. The summed E-state index contributed by atoms with van der Waals surface area (Å²) in [5.41, 5.74) is 8.69. The number of nitrogens with zero attached hydrogens (tertiary/aromatic N) is 2. The van der Waals surface area contributed by atoms with Gasteiger partial charge in [-0.15, -0.1) is 0 Å². The zero-order valence-electron chi connectivity index (χ0n) is 9.87. The number of rotatable bonds is 2. The zero-order chi connectivity index (χ0) is 12.4. The maximum Gasteiger partial charge on any atom is 0.135 e. The Morgan fingerprint density at radius 2 is 1.88 bits per heavy atom. The fourth-order valence-electron chi connectivity index (χ4n) is 1.60. The van der Waals surface area contributed by atoms with Crippen molar-refractivity contribution in [1.82, 2.24) is 9.97 Å². The number of nitrogen functional groups attached to an aromatic ring is 1. The molecular weight excluding hydrogens is 234 g/mol. The van der Waals surface area contributed by atoms with Crippen molar-refractivity contribution >= 4 is 17.4 Å². The Morgan fingerprint density at radius 3 is 2.53 bits per heavy atom. The molecule has 1 aromatic carbocycles. The number of aryl methyl sites for hydroxylation is 1. The molecule has 0 atom stereocenters. The first-order valence-electron chi connectivity index (χ1n) is 5.41. The van der Waals surface area contributed by atoms with Gasteiger partial charge in [0.05, 0.1) is 0 Å². The van der Waals surface area contributed by atoms with Gasteiger partial charge in [-0.3, -0.25) is 0 Å². The van der Waals surface area contributed by atoms with E-state index in [1.807, 2.05) is 38.1 Å². The minimum atomic E-state index is 0.541. The van der Waals surface area contributed by atoms with Gasteiger partial charge < -0.3 is 5.73 Å². The third-order valence-electron chi connectivity index (χ3n) is 2.78. The lowest BCUT2D eigenvalue weighted by atomic mass is 10.1. The Kier molecular flexibility index (Phi) is 3.29. The van der Waals surface area contributed by atoms with E-state index in [1.54, 1.807) is 0 Å². The van der Waals surface area contributed by atoms with E-state index in [1.165, 1.54) is 0 Å². The normalized spacial score (nSPS) is 10.5. The van der Waals surface area contributed by atoms with Gasteiger partial charge in [0, 0.05) is 22.7 Å². The first-order valence-corrected chi connectivity index (χ1v) is 5.78. The van der Waals surface area contributed by atoms with Gasteiger partial charge in [-0.2, -0.15) is 0 Å². The van der Waals surface area contributed by atoms with Gasteiger partial charge in [0.2, 0.25) is 0 Å². The number of hydrogen-bond acceptors (Lipinski definition) is 3. The van der Waals surface area contributed by atoms with Crippen LogP contribution in [-0.2, 0) is 6.42 Å². The molecule has 0 amide bonds. The van der Waals surface area contributed by atoms with E-state index in [0.717, 1.165) is 21.8 Å². The lowest BCUT2D eigenvalue weighted by Gasteiger charge is -2.07. The fraction of sp³-hybridized carbons (Fsp3) is 0.231. The molecule has 0 aliphatic carbocycles. The second-order valence-electron chi connectivity index (χ2n) is 4.00. The molecule has 0 radical (unpaired) electrons. The molecule has 2 N–H and O–H groups in total. The average molecular weight is 248 g/mol. The monoisotopic (exact) mass is 247 g/mol. The standard InChI is InChI=1S/C13H14ClN3/c1-8-9(2)16-12(17-13(8)15)7-10-5-3-4-6-11(10)14/h3-6H,7H2,1-2H3,(H2,15,16,17). The van der Waals surface area contributed by atoms with Crippen molar-refractivity contribution in [1.29, 1.82) is 0 Å². The van der Waals surface area contributed by atoms with Crippen LogP contribution in [0.25, 0.3) is 0 Å². The van der Waals surface area contributed by atoms with Crippen LogP contribution in [-0.4, -0.2) is 9.97 Å². The predicted molar refractivity (Wildman–Crippen MR) is 70.2 cm³/mol. The maximum absolute atomic E-state index is 6.10. The molecule has 0 aliphatic heterocycles. The van der Waals surface area contributed by atoms with Crippen LogP contribution < -0.4 is 5.73 Å². The summed E-state index contributed by atoms with van der Waals surface area (Å²) >= 11 is 6.10. The summed E-state index contributed by atoms with van der Waals surface area (Å²) in [7, 11) is 0. The Labute approximate surface area is 106 Å². The molecule has 17 heavy (non-hydrogen) atoms. The lowest BCUT2D eigenvalue weighted by Crippen LogP contribution is -2.05. The van der Waals surface area contributed by atoms with E-state index in [0.29, 0.717) is 18.1 Å². The summed E-state index contributed by atoms with van der Waals surface area (Å²) in [6.07, 6.45) is 0.602. The molecule has 0 saturated heterocycles. The second kappa shape index (κ2) is 4.72. The highest BCUT2D eigenvalue weighted by atomic mass is 35.5. The summed E-state index contributed by atoms with van der Waals surface area (Å²) in [6, 6.07) is 7.69. The number of aromatic nitrogens is 2. The van der Waals surface area contributed by atoms with E-state index in [4.69, 9.17) is 17.3 Å². The highest BCUT2D eigenvalue weighted by Crippen LogP contribution is 2.19. The van der Waals surface area contributed by atoms with Crippen molar-refractivity contribution in [2.75, 3.05) is 5.73 Å². The second-order valence-corrected chi connectivity index (χ2v) is 4.41. The average Bonchev–Trinajstić information content (AvgIpc) is 2.29. The minimum absolute atomic E-state index is 0.541. The highest BCUT2D eigenvalue weighted by Gasteiger charge is 2.07. The first kappa shape index (κ1) is 11.9. The molecule has 0 saturated carbocycles. The number of anilines is 1. The predicted octanol–water partition coefficient (Wildman–Crippen LogP) is 2.92. The molecule has 0 bridgehead atoms. The molecule has 0 unspecified atom stereocenters. The molecule has 1 heterocycles. The fourth-order valence-corrected chi connectivity index (χ4v) is 1.80. The van der Waals surface area contributed by atoms with Gasteiger partial charge in [-0.05, 0) is 25.5 Å². The van der Waals surface area contributed by atoms with Crippen LogP contribution in [0.2, 0.25) is 5.02 Å². The summed E-state index contributed by atoms with van der Waals surface area (Å²) in [5.74, 6) is 1.25. The van der Waals surface area contributed by atoms with Crippen LogP contribution >= 0.6 is 11.6 Å². The molecule has 88 valence electrons. The topological polar surface area (TPSA) is 51.8 Å². The number of hydrogen-bond donors (Lipinski definition) is 1. The highest BCUT2D eigenvalue weighted by molar-refractivity contribution is 6.31. The molecular formula is C13H14ClN3. The molecule has 0 fully saturated rings. The zero-order valence-corrected chi connectivity index (χ0v) is 10.6. The molecule has 2 rings (SSSR count). The summed E-state index contributed by atoms with van der Waals surface area (Å²) in [6.45, 7) is 3.85. The third-order valence-corrected chi connectivity index (χ3v) is 3.15. The SMILES string of the molecule is Cc1nc(Cc2ccccc2Cl)nc(N)c1C. The molecule has 0 spiro atoms. The van der Waals surface area contributed by atoms with Crippen LogP contribution in [0.4, 0.5) is 5.82 Å². The van der Waals surface area contributed by atoms with Crippen LogP contribution in [0.15, 0.2) is 24.3 Å². The van der Waals surface area contributed by atoms with Crippen molar-refractivity contribution in [3.63, 3.8) is 0 Å². The summed E-state index contributed by atoms with van der Waals surface area (Å²) < 4.78 is 0. The van der Waals surface area contributed by atoms with Gasteiger partial charge >= 0.3 is 0 Å². The van der Waals surface area contributed by atoms with Gasteiger partial charge in [0.1, 0.15) is 11.6 Å². The van der Waals surface area contributed by atoms with Crippen molar-refractivity contribution in [2.24, 2.45) is 0 Å². The number of nitrogens with two attached hydrogens (primary N) is 1. The van der Waals surface area contributed by atoms with Crippen LogP contribution in [0, 0.1) is 13.8 Å². The summed E-state index contributed by atoms with van der Waals surface area (Å²) in [5, 5.41) is 0.730. The Bertz CT molecular complexity index is 529. The van der Waals surface area contributed by atoms with E-state index < -0.39 is 0 Å². The van der Waals surface area contributed by atoms with E-state index in [9.17, 15) is 0 Å². The van der Waals surface area contributed by atoms with E-state index in [2.05, 4.69) is 9.97 Å². The largest absolute Gasteiger partial charge is 0.383 e. The third kappa shape index (κ3) is 2.56. The van der Waals surface area contributed by atoms with Crippen molar-refractivity contribution in [2.45, 2.75) is 20.3 Å². The van der Waals surface area contributed by atoms with Gasteiger partial charge in [-0.25, -0.2) is 9.97 Å². The summed E-state index contributed by atoms with van der Waals surface area (Å²) in [4.78, 5) is 8.70. The maximum atomic E-state index is 6.10. The van der Waals surface area contributed by atoms with Gasteiger partial charge in [-0.1, -0.05) is 29.8 Å². The van der Waals surface area contributed by atoms with Gasteiger partial charge in [0.25, 0.3) is 0 Å². The van der Waals surface area contributed by atoms with Crippen molar-refractivity contribution in [3.8, 4) is 0 Å². The van der Waals surface area contributed by atoms with Crippen LogP contribution in [0.3, 0.4) is 0 Å². The Hall–Kier alpha value is -1.61. The Balaban J connectivity index is 2.34. The van der Waals surface area contributed by atoms with Crippen LogP contribution in [0.1, 0.15) is 22.6 Å². The van der Waals surface area contributed by atoms with E-state index in [-0.39, 0.29) is 0 Å². The Morgan fingerprint density at radius 1 is 1.18 bits per heavy atom. The van der Waals surface area contributed by atoms with Crippen molar-refractivity contribution < 1.29 is 0 Å². The number of benzene rings is 1. The smallest absolute Gasteiger partial charge is 0.135 e. The minimum Gasteiger partial charge on any atom is -0.383 e. The molecule has 4 heteroatoms. The van der Waals surface area contributed by atoms with Crippen molar-refractivity contribution in [3.05, 3.63) is 51.9 Å². The molecule has 0 aliphatic rings. The lowest BCUT2D eigenvalue weighted by molar-refractivity contribution is 0.934. The van der Waals surface area contributed by atoms with Crippen LogP contribution in [0.5, 0.6) is 0 Å². The quantitative estimate of drug-likeness (QED) is 0.888.